The van der Waals surface area contributed by atoms with Crippen molar-refractivity contribution in [3.63, 3.8) is 0 Å². The fourth-order valence-corrected chi connectivity index (χ4v) is 2.52. The highest BCUT2D eigenvalue weighted by Gasteiger charge is 2.15. The lowest BCUT2D eigenvalue weighted by Gasteiger charge is -2.19. The van der Waals surface area contributed by atoms with Gasteiger partial charge in [-0.05, 0) is 31.2 Å². The van der Waals surface area contributed by atoms with Crippen LogP contribution in [-0.2, 0) is 0 Å². The third-order valence-electron chi connectivity index (χ3n) is 3.58. The summed E-state index contributed by atoms with van der Waals surface area (Å²) in [5.41, 5.74) is 1.39. The number of aromatic hydroxyl groups is 1. The van der Waals surface area contributed by atoms with E-state index in [0.717, 1.165) is 0 Å². The van der Waals surface area contributed by atoms with Crippen molar-refractivity contribution in [2.45, 2.75) is 19.1 Å². The zero-order chi connectivity index (χ0) is 16.1. The van der Waals surface area contributed by atoms with Gasteiger partial charge in [0.2, 0.25) is 0 Å². The van der Waals surface area contributed by atoms with Crippen LogP contribution in [0.15, 0.2) is 42.5 Å². The fraction of sp³-hybridized carbons (Fsp3) is 0.294. The minimum atomic E-state index is -0.719. The zero-order valence-corrected chi connectivity index (χ0v) is 13.3. The van der Waals surface area contributed by atoms with Crippen LogP contribution in [0.1, 0.15) is 30.2 Å². The first kappa shape index (κ1) is 16.6. The number of hydrogen-bond donors (Lipinski definition) is 3. The zero-order valence-electron chi connectivity index (χ0n) is 12.6. The molecule has 2 aromatic carbocycles. The minimum Gasteiger partial charge on any atom is -0.508 e. The van der Waals surface area contributed by atoms with Crippen LogP contribution in [0.5, 0.6) is 11.5 Å². The standard InChI is InChI=1S/C17H20ClNO3/c1-11(14-9-12(22-2)7-8-16(14)20)19-10-17(21)13-5-3-4-6-15(13)18/h3-9,11,17,19-21H,10H2,1-2H3. The average molecular weight is 322 g/mol. The van der Waals surface area contributed by atoms with Crippen LogP contribution >= 0.6 is 11.6 Å². The molecule has 0 aliphatic rings. The van der Waals surface area contributed by atoms with E-state index < -0.39 is 6.10 Å². The van der Waals surface area contributed by atoms with Gasteiger partial charge in [-0.3, -0.25) is 0 Å². The summed E-state index contributed by atoms with van der Waals surface area (Å²) in [7, 11) is 1.58. The quantitative estimate of drug-likeness (QED) is 0.762. The number of aliphatic hydroxyl groups is 1. The van der Waals surface area contributed by atoms with Gasteiger partial charge in [-0.25, -0.2) is 0 Å². The van der Waals surface area contributed by atoms with Crippen molar-refractivity contribution in [2.75, 3.05) is 13.7 Å². The van der Waals surface area contributed by atoms with Gasteiger partial charge in [0, 0.05) is 28.7 Å². The third kappa shape index (κ3) is 3.91. The Hall–Kier alpha value is -1.75. The predicted octanol–water partition coefficient (Wildman–Crippen LogP) is 3.44. The maximum Gasteiger partial charge on any atom is 0.120 e. The first-order valence-corrected chi connectivity index (χ1v) is 7.43. The topological polar surface area (TPSA) is 61.7 Å². The Morgan fingerprint density at radius 3 is 2.59 bits per heavy atom. The number of aliphatic hydroxyl groups excluding tert-OH is 1. The number of nitrogens with one attached hydrogen (secondary N) is 1. The molecular weight excluding hydrogens is 302 g/mol. The van der Waals surface area contributed by atoms with Gasteiger partial charge in [-0.1, -0.05) is 29.8 Å². The first-order valence-electron chi connectivity index (χ1n) is 7.05. The van der Waals surface area contributed by atoms with Crippen LogP contribution in [0.4, 0.5) is 0 Å². The Kier molecular flexibility index (Phi) is 5.66. The number of rotatable bonds is 6. The summed E-state index contributed by atoms with van der Waals surface area (Å²) in [4.78, 5) is 0. The van der Waals surface area contributed by atoms with Gasteiger partial charge in [0.1, 0.15) is 11.5 Å². The molecule has 0 aliphatic carbocycles. The normalized spacial score (nSPS) is 13.6. The van der Waals surface area contributed by atoms with E-state index in [1.165, 1.54) is 0 Å². The molecule has 0 bridgehead atoms. The molecule has 0 fully saturated rings. The van der Waals surface area contributed by atoms with Crippen molar-refractivity contribution < 1.29 is 14.9 Å². The molecule has 0 aromatic heterocycles. The Morgan fingerprint density at radius 1 is 1.18 bits per heavy atom. The monoisotopic (exact) mass is 321 g/mol. The second-order valence-corrected chi connectivity index (χ2v) is 5.50. The van der Waals surface area contributed by atoms with E-state index >= 15 is 0 Å². The highest BCUT2D eigenvalue weighted by molar-refractivity contribution is 6.31. The minimum absolute atomic E-state index is 0.146. The van der Waals surface area contributed by atoms with Gasteiger partial charge in [-0.15, -0.1) is 0 Å². The summed E-state index contributed by atoms with van der Waals surface area (Å²) in [5, 5.41) is 23.9. The number of benzene rings is 2. The number of hydrogen-bond acceptors (Lipinski definition) is 4. The van der Waals surface area contributed by atoms with Gasteiger partial charge in [0.25, 0.3) is 0 Å². The van der Waals surface area contributed by atoms with E-state index in [4.69, 9.17) is 16.3 Å². The second-order valence-electron chi connectivity index (χ2n) is 5.09. The van der Waals surface area contributed by atoms with E-state index in [2.05, 4.69) is 5.32 Å². The van der Waals surface area contributed by atoms with Crippen LogP contribution in [-0.4, -0.2) is 23.9 Å². The lowest BCUT2D eigenvalue weighted by atomic mass is 10.1. The van der Waals surface area contributed by atoms with Crippen molar-refractivity contribution in [1.29, 1.82) is 0 Å². The predicted molar refractivity (Wildman–Crippen MR) is 87.5 cm³/mol. The number of ether oxygens (including phenoxy) is 1. The molecule has 3 N–H and O–H groups in total. The summed E-state index contributed by atoms with van der Waals surface area (Å²) < 4.78 is 5.16. The lowest BCUT2D eigenvalue weighted by molar-refractivity contribution is 0.170. The molecule has 0 saturated carbocycles. The molecule has 0 saturated heterocycles. The van der Waals surface area contributed by atoms with Gasteiger partial charge in [0.05, 0.1) is 13.2 Å². The maximum absolute atomic E-state index is 10.2. The Labute approximate surface area is 135 Å². The molecule has 2 rings (SSSR count). The van der Waals surface area contributed by atoms with Crippen molar-refractivity contribution in [2.24, 2.45) is 0 Å². The summed E-state index contributed by atoms with van der Waals surface area (Å²) in [6.45, 7) is 2.23. The molecule has 2 unspecified atom stereocenters. The smallest absolute Gasteiger partial charge is 0.120 e. The highest BCUT2D eigenvalue weighted by atomic mass is 35.5. The van der Waals surface area contributed by atoms with Crippen LogP contribution in [0.3, 0.4) is 0 Å². The fourth-order valence-electron chi connectivity index (χ4n) is 2.26. The van der Waals surface area contributed by atoms with E-state index in [1.807, 2.05) is 19.1 Å². The molecule has 2 atom stereocenters. The average Bonchev–Trinajstić information content (AvgIpc) is 2.53. The largest absolute Gasteiger partial charge is 0.508 e. The Balaban J connectivity index is 2.04. The molecule has 0 amide bonds. The summed E-state index contributed by atoms with van der Waals surface area (Å²) in [6.07, 6.45) is -0.719. The number of phenolic OH excluding ortho intramolecular Hbond substituents is 1. The molecule has 0 radical (unpaired) electrons. The van der Waals surface area contributed by atoms with Gasteiger partial charge < -0.3 is 20.3 Å². The third-order valence-corrected chi connectivity index (χ3v) is 3.93. The molecule has 5 heteroatoms. The van der Waals surface area contributed by atoms with Crippen molar-refractivity contribution >= 4 is 11.6 Å². The van der Waals surface area contributed by atoms with Crippen LogP contribution < -0.4 is 10.1 Å². The van der Waals surface area contributed by atoms with Crippen molar-refractivity contribution in [3.05, 3.63) is 58.6 Å². The van der Waals surface area contributed by atoms with Crippen LogP contribution in [0.2, 0.25) is 5.02 Å². The maximum atomic E-state index is 10.2. The molecule has 0 heterocycles. The van der Waals surface area contributed by atoms with Crippen molar-refractivity contribution in [3.8, 4) is 11.5 Å². The lowest BCUT2D eigenvalue weighted by Crippen LogP contribution is -2.25. The van der Waals surface area contributed by atoms with E-state index in [1.54, 1.807) is 37.4 Å². The molecule has 118 valence electrons. The van der Waals surface area contributed by atoms with E-state index in [0.29, 0.717) is 28.4 Å². The summed E-state index contributed by atoms with van der Waals surface area (Å²) >= 11 is 6.07. The van der Waals surface area contributed by atoms with Crippen LogP contribution in [0, 0.1) is 0 Å². The number of phenols is 1. The Morgan fingerprint density at radius 2 is 1.91 bits per heavy atom. The molecular formula is C17H20ClNO3. The molecule has 22 heavy (non-hydrogen) atoms. The summed E-state index contributed by atoms with van der Waals surface area (Å²) in [5.74, 6) is 0.862. The molecule has 2 aromatic rings. The second kappa shape index (κ2) is 7.49. The van der Waals surface area contributed by atoms with Crippen molar-refractivity contribution in [1.82, 2.24) is 5.32 Å². The SMILES string of the molecule is COc1ccc(O)c(C(C)NCC(O)c2ccccc2Cl)c1. The number of methoxy groups -OCH3 is 1. The van der Waals surface area contributed by atoms with E-state index in [9.17, 15) is 10.2 Å². The first-order chi connectivity index (χ1) is 10.5. The molecule has 0 aliphatic heterocycles. The van der Waals surface area contributed by atoms with Crippen LogP contribution in [0.25, 0.3) is 0 Å². The van der Waals surface area contributed by atoms with Gasteiger partial charge in [-0.2, -0.15) is 0 Å². The Bertz CT molecular complexity index is 633. The molecule has 4 nitrogen and oxygen atoms in total. The highest BCUT2D eigenvalue weighted by Crippen LogP contribution is 2.29. The summed E-state index contributed by atoms with van der Waals surface area (Å²) in [6, 6.07) is 12.1. The molecule has 0 spiro atoms. The van der Waals surface area contributed by atoms with E-state index in [-0.39, 0.29) is 11.8 Å². The number of halogens is 1. The van der Waals surface area contributed by atoms with Gasteiger partial charge in [0.15, 0.2) is 0 Å². The van der Waals surface area contributed by atoms with Gasteiger partial charge >= 0.3 is 0 Å².